The van der Waals surface area contributed by atoms with E-state index < -0.39 is 11.2 Å². The Bertz CT molecular complexity index is 927. The highest BCUT2D eigenvalue weighted by Gasteiger charge is 2.06. The molecule has 0 saturated carbocycles. The van der Waals surface area contributed by atoms with Gasteiger partial charge in [-0.1, -0.05) is 0 Å². The van der Waals surface area contributed by atoms with E-state index in [1.807, 2.05) is 23.6 Å². The van der Waals surface area contributed by atoms with Gasteiger partial charge in [-0.3, -0.25) is 14.3 Å². The lowest BCUT2D eigenvalue weighted by Crippen LogP contribution is -2.29. The van der Waals surface area contributed by atoms with E-state index in [1.54, 1.807) is 23.5 Å². The molecule has 0 amide bonds. The molecule has 2 heterocycles. The molecule has 1 aromatic carbocycles. The number of aromatic nitrogens is 2. The molecule has 3 aromatic rings. The molecule has 1 N–H and O–H groups in total. The van der Waals surface area contributed by atoms with Crippen molar-refractivity contribution in [2.75, 3.05) is 0 Å². The van der Waals surface area contributed by atoms with Gasteiger partial charge in [-0.2, -0.15) is 5.26 Å². The molecule has 0 radical (unpaired) electrons. The first-order chi connectivity index (χ1) is 9.19. The number of nitrogens with one attached hydrogen (secondary N) is 1. The van der Waals surface area contributed by atoms with Gasteiger partial charge in [0.25, 0.3) is 5.56 Å². The van der Waals surface area contributed by atoms with Gasteiger partial charge in [0.05, 0.1) is 5.69 Å². The van der Waals surface area contributed by atoms with Crippen molar-refractivity contribution >= 4 is 21.4 Å². The van der Waals surface area contributed by atoms with E-state index >= 15 is 0 Å². The smallest absolute Gasteiger partial charge is 0.273 e. The Morgan fingerprint density at radius 3 is 2.89 bits per heavy atom. The molecular formula is C13H7N3O2S. The van der Waals surface area contributed by atoms with E-state index in [4.69, 9.17) is 5.26 Å². The highest BCUT2D eigenvalue weighted by molar-refractivity contribution is 7.17. The van der Waals surface area contributed by atoms with Crippen molar-refractivity contribution in [1.29, 1.82) is 5.26 Å². The second kappa shape index (κ2) is 4.23. The third kappa shape index (κ3) is 1.86. The zero-order valence-corrected chi connectivity index (χ0v) is 10.4. The number of benzene rings is 1. The van der Waals surface area contributed by atoms with Crippen LogP contribution in [0.25, 0.3) is 15.8 Å². The summed E-state index contributed by atoms with van der Waals surface area (Å²) in [6.45, 7) is 0. The van der Waals surface area contributed by atoms with Crippen LogP contribution in [0.2, 0.25) is 0 Å². The first-order valence-electron chi connectivity index (χ1n) is 5.43. The zero-order valence-electron chi connectivity index (χ0n) is 9.58. The maximum atomic E-state index is 11.8. The Balaban J connectivity index is 2.29. The number of nitrogens with zero attached hydrogens (tertiary/aromatic N) is 2. The van der Waals surface area contributed by atoms with E-state index in [0.29, 0.717) is 5.69 Å². The van der Waals surface area contributed by atoms with Crippen molar-refractivity contribution in [3.05, 3.63) is 62.2 Å². The second-order valence-electron chi connectivity index (χ2n) is 3.93. The Labute approximate surface area is 111 Å². The minimum absolute atomic E-state index is 0.0926. The molecule has 0 spiro atoms. The maximum absolute atomic E-state index is 11.8. The highest BCUT2D eigenvalue weighted by atomic mass is 32.1. The lowest BCUT2D eigenvalue weighted by atomic mass is 10.2. The lowest BCUT2D eigenvalue weighted by Gasteiger charge is -2.05. The van der Waals surface area contributed by atoms with Crippen molar-refractivity contribution in [3.63, 3.8) is 0 Å². The Morgan fingerprint density at radius 2 is 2.11 bits per heavy atom. The number of H-pyrrole nitrogens is 1. The number of hydrogen-bond donors (Lipinski definition) is 1. The molecule has 6 heteroatoms. The first-order valence-corrected chi connectivity index (χ1v) is 6.31. The molecule has 2 aromatic heterocycles. The molecule has 5 nitrogen and oxygen atoms in total. The minimum atomic E-state index is -0.666. The summed E-state index contributed by atoms with van der Waals surface area (Å²) < 4.78 is 2.37. The predicted octanol–water partition coefficient (Wildman–Crippen LogP) is 1.61. The summed E-state index contributed by atoms with van der Waals surface area (Å²) in [5.41, 5.74) is -0.701. The topological polar surface area (TPSA) is 78.7 Å². The Kier molecular flexibility index (Phi) is 2.54. The van der Waals surface area contributed by atoms with Gasteiger partial charge < -0.3 is 0 Å². The molecule has 0 unspecified atom stereocenters. The van der Waals surface area contributed by atoms with Crippen molar-refractivity contribution < 1.29 is 0 Å². The van der Waals surface area contributed by atoms with Crippen molar-refractivity contribution in [3.8, 4) is 11.8 Å². The fourth-order valence-corrected chi connectivity index (χ4v) is 2.62. The van der Waals surface area contributed by atoms with Crippen LogP contribution in [0, 0.1) is 11.3 Å². The van der Waals surface area contributed by atoms with E-state index in [9.17, 15) is 9.59 Å². The molecular weight excluding hydrogens is 262 g/mol. The Morgan fingerprint density at radius 1 is 1.26 bits per heavy atom. The van der Waals surface area contributed by atoms with Crippen LogP contribution in [0.1, 0.15) is 5.56 Å². The van der Waals surface area contributed by atoms with Crippen LogP contribution in [0.15, 0.2) is 45.4 Å². The largest absolute Gasteiger partial charge is 0.332 e. The van der Waals surface area contributed by atoms with Gasteiger partial charge >= 0.3 is 5.69 Å². The molecule has 0 bridgehead atoms. The van der Waals surface area contributed by atoms with E-state index in [2.05, 4.69) is 4.98 Å². The summed E-state index contributed by atoms with van der Waals surface area (Å²) in [5.74, 6) is 0. The Hall–Kier alpha value is -2.65. The van der Waals surface area contributed by atoms with Gasteiger partial charge in [0.2, 0.25) is 0 Å². The van der Waals surface area contributed by atoms with Crippen molar-refractivity contribution in [2.24, 2.45) is 0 Å². The van der Waals surface area contributed by atoms with E-state index in [-0.39, 0.29) is 5.56 Å². The van der Waals surface area contributed by atoms with Gasteiger partial charge in [0.1, 0.15) is 11.6 Å². The molecule has 0 fully saturated rings. The van der Waals surface area contributed by atoms with Crippen LogP contribution < -0.4 is 11.2 Å². The molecule has 0 aliphatic rings. The number of nitriles is 1. The molecule has 0 aliphatic heterocycles. The minimum Gasteiger partial charge on any atom is -0.273 e. The summed E-state index contributed by atoms with van der Waals surface area (Å²) >= 11 is 1.61. The summed E-state index contributed by atoms with van der Waals surface area (Å²) in [6.07, 6.45) is 1.26. The quantitative estimate of drug-likeness (QED) is 0.729. The molecule has 19 heavy (non-hydrogen) atoms. The number of fused-ring (bicyclic) bond motifs is 1. The standard InChI is InChI=1S/C13H7N3O2S/c14-6-9-7-16(13(18)15-12(9)17)10-1-2-11-8(5-10)3-4-19-11/h1-5,7H,(H,15,17,18). The maximum Gasteiger partial charge on any atom is 0.332 e. The van der Waals surface area contributed by atoms with Gasteiger partial charge in [-0.15, -0.1) is 11.3 Å². The molecule has 0 atom stereocenters. The fraction of sp³-hybridized carbons (Fsp3) is 0. The highest BCUT2D eigenvalue weighted by Crippen LogP contribution is 2.22. The van der Waals surface area contributed by atoms with Crippen LogP contribution in [0.3, 0.4) is 0 Å². The summed E-state index contributed by atoms with van der Waals surface area (Å²) in [6, 6.07) is 9.23. The number of rotatable bonds is 1. The summed E-state index contributed by atoms with van der Waals surface area (Å²) in [4.78, 5) is 25.3. The van der Waals surface area contributed by atoms with Crippen LogP contribution in [-0.4, -0.2) is 9.55 Å². The summed E-state index contributed by atoms with van der Waals surface area (Å²) in [7, 11) is 0. The van der Waals surface area contributed by atoms with Crippen molar-refractivity contribution in [1.82, 2.24) is 9.55 Å². The average molecular weight is 269 g/mol. The van der Waals surface area contributed by atoms with Crippen molar-refractivity contribution in [2.45, 2.75) is 0 Å². The third-order valence-electron chi connectivity index (χ3n) is 2.78. The molecule has 0 saturated heterocycles. The van der Waals surface area contributed by atoms with Crippen LogP contribution in [0.5, 0.6) is 0 Å². The fourth-order valence-electron chi connectivity index (χ4n) is 1.85. The lowest BCUT2D eigenvalue weighted by molar-refractivity contribution is 0.891. The van der Waals surface area contributed by atoms with Crippen LogP contribution in [0.4, 0.5) is 0 Å². The van der Waals surface area contributed by atoms with Gasteiger partial charge in [-0.25, -0.2) is 4.79 Å². The van der Waals surface area contributed by atoms with Gasteiger partial charge in [0, 0.05) is 10.9 Å². The van der Waals surface area contributed by atoms with Gasteiger partial charge in [-0.05, 0) is 35.0 Å². The SMILES string of the molecule is N#Cc1cn(-c2ccc3sccc3c2)c(=O)[nH]c1=O. The van der Waals surface area contributed by atoms with E-state index in [1.165, 1.54) is 10.8 Å². The number of thiophene rings is 1. The average Bonchev–Trinajstić information content (AvgIpc) is 2.86. The zero-order chi connectivity index (χ0) is 13.4. The molecule has 92 valence electrons. The summed E-state index contributed by atoms with van der Waals surface area (Å²) in [5, 5.41) is 11.8. The predicted molar refractivity (Wildman–Crippen MR) is 72.8 cm³/mol. The normalized spacial score (nSPS) is 10.5. The first kappa shape index (κ1) is 11.4. The molecule has 0 aliphatic carbocycles. The van der Waals surface area contributed by atoms with Gasteiger partial charge in [0.15, 0.2) is 0 Å². The third-order valence-corrected chi connectivity index (χ3v) is 3.67. The van der Waals surface area contributed by atoms with Crippen LogP contribution in [-0.2, 0) is 0 Å². The molecule has 3 rings (SSSR count). The number of hydrogen-bond acceptors (Lipinski definition) is 4. The number of aromatic amines is 1. The second-order valence-corrected chi connectivity index (χ2v) is 4.87. The monoisotopic (exact) mass is 269 g/mol. The van der Waals surface area contributed by atoms with Crippen LogP contribution >= 0.6 is 11.3 Å². The van der Waals surface area contributed by atoms with E-state index in [0.717, 1.165) is 10.1 Å².